The average molecular weight is 579 g/mol. The highest BCUT2D eigenvalue weighted by molar-refractivity contribution is 14.1. The van der Waals surface area contributed by atoms with Gasteiger partial charge in [0.25, 0.3) is 0 Å². The second-order valence-electron chi connectivity index (χ2n) is 8.88. The van der Waals surface area contributed by atoms with Crippen molar-refractivity contribution in [3.8, 4) is 11.1 Å². The highest BCUT2D eigenvalue weighted by atomic mass is 127. The Hall–Kier alpha value is -3.23. The van der Waals surface area contributed by atoms with E-state index in [2.05, 4.69) is 93.0 Å². The van der Waals surface area contributed by atoms with Crippen molar-refractivity contribution >= 4 is 34.4 Å². The van der Waals surface area contributed by atoms with E-state index in [1.165, 1.54) is 22.3 Å². The van der Waals surface area contributed by atoms with Crippen LogP contribution in [0, 0.1) is 10.5 Å². The van der Waals surface area contributed by atoms with Crippen LogP contribution in [0.2, 0.25) is 0 Å². The first-order valence-corrected chi connectivity index (χ1v) is 12.8. The molecule has 8 heteroatoms. The molecule has 0 spiro atoms. The van der Waals surface area contributed by atoms with E-state index in [4.69, 9.17) is 10.3 Å². The third-order valence-corrected chi connectivity index (χ3v) is 7.59. The highest BCUT2D eigenvalue weighted by Crippen LogP contribution is 2.44. The van der Waals surface area contributed by atoms with E-state index in [-0.39, 0.29) is 12.0 Å². The van der Waals surface area contributed by atoms with Crippen LogP contribution in [-0.4, -0.2) is 43.8 Å². The van der Waals surface area contributed by atoms with Gasteiger partial charge in [-0.2, -0.15) is 0 Å². The third kappa shape index (κ3) is 4.68. The van der Waals surface area contributed by atoms with Gasteiger partial charge in [-0.05, 0) is 80.6 Å². The molecule has 3 aromatic rings. The van der Waals surface area contributed by atoms with Crippen molar-refractivity contribution in [3.63, 3.8) is 0 Å². The van der Waals surface area contributed by atoms with Crippen LogP contribution >= 0.6 is 22.6 Å². The van der Waals surface area contributed by atoms with Crippen LogP contribution in [0.4, 0.5) is 10.5 Å². The Kier molecular flexibility index (Phi) is 6.83. The number of fused-ring (bicyclic) bond motifs is 3. The van der Waals surface area contributed by atoms with Crippen molar-refractivity contribution in [2.24, 2.45) is 5.11 Å². The van der Waals surface area contributed by atoms with Crippen LogP contribution in [-0.2, 0) is 11.3 Å². The minimum atomic E-state index is -0.255. The first-order chi connectivity index (χ1) is 17.1. The van der Waals surface area contributed by atoms with E-state index in [1.807, 2.05) is 12.1 Å². The summed E-state index contributed by atoms with van der Waals surface area (Å²) in [5.74, 6) is 0.0659. The molecule has 0 radical (unpaired) electrons. The summed E-state index contributed by atoms with van der Waals surface area (Å²) in [7, 11) is 0. The molecule has 1 aliphatic heterocycles. The van der Waals surface area contributed by atoms with Gasteiger partial charge in [0, 0.05) is 46.3 Å². The number of benzene rings is 3. The fourth-order valence-electron chi connectivity index (χ4n) is 5.14. The summed E-state index contributed by atoms with van der Waals surface area (Å²) in [5.41, 5.74) is 16.9. The molecule has 0 aromatic heterocycles. The normalized spacial score (nSPS) is 14.8. The van der Waals surface area contributed by atoms with Gasteiger partial charge in [-0.3, -0.25) is 0 Å². The lowest BCUT2D eigenvalue weighted by Gasteiger charge is -2.36. The first-order valence-electron chi connectivity index (χ1n) is 11.7. The minimum Gasteiger partial charge on any atom is -0.448 e. The first kappa shape index (κ1) is 23.5. The molecule has 1 amide bonds. The number of carbonyl (C=O) groups excluding carboxylic acids is 1. The number of piperazine rings is 1. The molecule has 3 aromatic carbocycles. The van der Waals surface area contributed by atoms with E-state index < -0.39 is 0 Å². The topological polar surface area (TPSA) is 81.5 Å². The molecule has 0 unspecified atom stereocenters. The molecule has 0 saturated carbocycles. The number of nitrogens with zero attached hydrogens (tertiary/aromatic N) is 5. The Morgan fingerprint density at radius 1 is 1.06 bits per heavy atom. The maximum atomic E-state index is 13.0. The summed E-state index contributed by atoms with van der Waals surface area (Å²) in [4.78, 5) is 19.9. The lowest BCUT2D eigenvalue weighted by molar-refractivity contribution is 0.0977. The van der Waals surface area contributed by atoms with Gasteiger partial charge in [-0.25, -0.2) is 4.79 Å². The fraction of sp³-hybridized carbons (Fsp3) is 0.296. The lowest BCUT2D eigenvalue weighted by atomic mass is 9.98. The monoisotopic (exact) mass is 579 g/mol. The van der Waals surface area contributed by atoms with Gasteiger partial charge in [0.15, 0.2) is 0 Å². The quantitative estimate of drug-likeness (QED) is 0.150. The maximum Gasteiger partial charge on any atom is 0.409 e. The Morgan fingerprint density at radius 2 is 1.69 bits per heavy atom. The molecule has 2 aliphatic rings. The Bertz CT molecular complexity index is 1270. The molecule has 0 N–H and O–H groups in total. The molecule has 5 rings (SSSR count). The number of hydrogen-bond acceptors (Lipinski definition) is 4. The van der Waals surface area contributed by atoms with Gasteiger partial charge in [-0.1, -0.05) is 53.6 Å². The lowest BCUT2D eigenvalue weighted by Crippen LogP contribution is -2.49. The molecule has 1 aliphatic carbocycles. The number of ether oxygens (including phenoxy) is 1. The van der Waals surface area contributed by atoms with Crippen LogP contribution in [0.5, 0.6) is 0 Å². The predicted octanol–water partition coefficient (Wildman–Crippen LogP) is 6.48. The molecule has 0 atom stereocenters. The second-order valence-corrected chi connectivity index (χ2v) is 10.1. The van der Waals surface area contributed by atoms with Crippen molar-refractivity contribution in [2.75, 3.05) is 37.7 Å². The zero-order valence-electron chi connectivity index (χ0n) is 19.5. The van der Waals surface area contributed by atoms with E-state index in [0.717, 1.165) is 33.5 Å². The molecule has 1 heterocycles. The van der Waals surface area contributed by atoms with Crippen molar-refractivity contribution < 1.29 is 9.53 Å². The molecule has 1 saturated heterocycles. The molecule has 1 fully saturated rings. The molecule has 0 bridgehead atoms. The summed E-state index contributed by atoms with van der Waals surface area (Å²) >= 11 is 2.29. The molecule has 178 valence electrons. The smallest absolute Gasteiger partial charge is 0.409 e. The summed E-state index contributed by atoms with van der Waals surface area (Å²) in [5, 5.41) is 3.74. The summed E-state index contributed by atoms with van der Waals surface area (Å²) in [6, 6.07) is 20.9. The highest BCUT2D eigenvalue weighted by Gasteiger charge is 2.30. The molecule has 35 heavy (non-hydrogen) atoms. The average Bonchev–Trinajstić information content (AvgIpc) is 3.21. The van der Waals surface area contributed by atoms with Gasteiger partial charge < -0.3 is 14.5 Å². The van der Waals surface area contributed by atoms with E-state index in [9.17, 15) is 4.79 Å². The van der Waals surface area contributed by atoms with Crippen molar-refractivity contribution in [2.45, 2.75) is 19.4 Å². The van der Waals surface area contributed by atoms with Gasteiger partial charge >= 0.3 is 6.09 Å². The van der Waals surface area contributed by atoms with Crippen molar-refractivity contribution in [1.82, 2.24) is 4.90 Å². The zero-order chi connectivity index (χ0) is 24.4. The van der Waals surface area contributed by atoms with Gasteiger partial charge in [0.05, 0.1) is 6.54 Å². The number of amides is 1. The second kappa shape index (κ2) is 10.2. The number of carbonyl (C=O) groups is 1. The summed E-state index contributed by atoms with van der Waals surface area (Å²) in [6.07, 6.45) is -0.255. The Morgan fingerprint density at radius 3 is 2.31 bits per heavy atom. The number of azide groups is 1. The van der Waals surface area contributed by atoms with Crippen LogP contribution in [0.25, 0.3) is 21.6 Å². The largest absolute Gasteiger partial charge is 0.448 e. The fourth-order valence-corrected chi connectivity index (χ4v) is 5.81. The third-order valence-electron chi connectivity index (χ3n) is 6.97. The Balaban J connectivity index is 1.23. The number of anilines is 1. The number of halogens is 1. The summed E-state index contributed by atoms with van der Waals surface area (Å²) < 4.78 is 6.95. The SMILES string of the molecule is Cc1c(CN=[N+]=[N-])cc(I)cc1N1CCN(C(=O)OCC2c3ccccc3-c3ccccc32)CC1. The molecular weight excluding hydrogens is 553 g/mol. The van der Waals surface area contributed by atoms with Crippen molar-refractivity contribution in [1.29, 1.82) is 0 Å². The van der Waals surface area contributed by atoms with Crippen LogP contribution in [0.15, 0.2) is 65.8 Å². The van der Waals surface area contributed by atoms with Crippen LogP contribution < -0.4 is 4.90 Å². The standard InChI is InChI=1S/C27H26IN5O2/c1-18-19(16-30-31-29)14-20(28)15-26(18)32-10-12-33(13-11-32)27(34)35-17-25-23-8-4-2-6-21(23)22-7-3-5-9-24(22)25/h2-9,14-15,25H,10-13,16-17H2,1H3. The molecular formula is C27H26IN5O2. The predicted molar refractivity (Wildman–Crippen MR) is 146 cm³/mol. The Labute approximate surface area is 218 Å². The van der Waals surface area contributed by atoms with E-state index >= 15 is 0 Å². The minimum absolute atomic E-state index is 0.0659. The van der Waals surface area contributed by atoms with E-state index in [1.54, 1.807) is 4.90 Å². The zero-order valence-corrected chi connectivity index (χ0v) is 21.7. The van der Waals surface area contributed by atoms with Crippen LogP contribution in [0.3, 0.4) is 0 Å². The maximum absolute atomic E-state index is 13.0. The number of hydrogen-bond donors (Lipinski definition) is 0. The summed E-state index contributed by atoms with van der Waals surface area (Å²) in [6.45, 7) is 5.40. The number of rotatable bonds is 5. The van der Waals surface area contributed by atoms with E-state index in [0.29, 0.717) is 26.2 Å². The van der Waals surface area contributed by atoms with Crippen molar-refractivity contribution in [3.05, 3.63) is 96.9 Å². The van der Waals surface area contributed by atoms with Crippen LogP contribution in [0.1, 0.15) is 28.2 Å². The van der Waals surface area contributed by atoms with Gasteiger partial charge in [0.2, 0.25) is 0 Å². The molecule has 7 nitrogen and oxygen atoms in total. The van der Waals surface area contributed by atoms with Gasteiger partial charge in [-0.15, -0.1) is 0 Å². The van der Waals surface area contributed by atoms with Gasteiger partial charge in [0.1, 0.15) is 6.61 Å².